The molecule has 1 heterocycles. The summed E-state index contributed by atoms with van der Waals surface area (Å²) in [6, 6.07) is 4.77. The Balaban J connectivity index is 0.000000569. The van der Waals surface area contributed by atoms with Gasteiger partial charge in [0.05, 0.1) is 30.0 Å². The van der Waals surface area contributed by atoms with Crippen molar-refractivity contribution in [2.24, 2.45) is 0 Å². The van der Waals surface area contributed by atoms with Gasteiger partial charge in [-0.3, -0.25) is 9.69 Å². The van der Waals surface area contributed by atoms with Crippen LogP contribution < -0.4 is 10.6 Å². The summed E-state index contributed by atoms with van der Waals surface area (Å²) in [5.74, 6) is -3.74. The molecule has 1 saturated heterocycles. The molecule has 184 valence electrons. The van der Waals surface area contributed by atoms with Crippen molar-refractivity contribution in [3.05, 3.63) is 28.2 Å². The van der Waals surface area contributed by atoms with Crippen LogP contribution in [0.5, 0.6) is 0 Å². The van der Waals surface area contributed by atoms with Crippen LogP contribution in [0.4, 0.5) is 5.69 Å². The molecule has 1 unspecified atom stereocenters. The predicted molar refractivity (Wildman–Crippen MR) is 126 cm³/mol. The molecule has 1 amide bonds. The summed E-state index contributed by atoms with van der Waals surface area (Å²) in [5.41, 5.74) is 0.717. The van der Waals surface area contributed by atoms with E-state index in [1.165, 1.54) is 32.1 Å². The molecule has 4 N–H and O–H groups in total. The van der Waals surface area contributed by atoms with Gasteiger partial charge in [0.15, 0.2) is 0 Å². The standard InChI is InChI=1S/C20H29Cl2N3O2.C2H2O4/c1-15(19(26)24-18-6-5-16(21)13-17(18)22)23-14-20(7-3-2-4-8-20)25-9-11-27-12-10-25;3-1(4)2(5)6/h5-6,13,15,23H,2-4,7-12,14H2,1H3,(H,24,26);(H,3,4)(H,5,6). The van der Waals surface area contributed by atoms with E-state index in [0.29, 0.717) is 15.7 Å². The monoisotopic (exact) mass is 503 g/mol. The highest BCUT2D eigenvalue weighted by molar-refractivity contribution is 6.36. The van der Waals surface area contributed by atoms with Gasteiger partial charge in [-0.25, -0.2) is 9.59 Å². The zero-order chi connectivity index (χ0) is 24.4. The summed E-state index contributed by atoms with van der Waals surface area (Å²) >= 11 is 12.1. The summed E-state index contributed by atoms with van der Waals surface area (Å²) in [4.78, 5) is 33.4. The number of amides is 1. The van der Waals surface area contributed by atoms with Crippen LogP contribution in [0.25, 0.3) is 0 Å². The normalized spacial score (nSPS) is 19.0. The predicted octanol–water partition coefficient (Wildman–Crippen LogP) is 3.10. The van der Waals surface area contributed by atoms with Crippen LogP contribution in [-0.4, -0.2) is 77.4 Å². The summed E-state index contributed by atoms with van der Waals surface area (Å²) in [6.45, 7) is 6.26. The van der Waals surface area contributed by atoms with Gasteiger partial charge < -0.3 is 25.6 Å². The number of rotatable bonds is 6. The molecule has 11 heteroatoms. The van der Waals surface area contributed by atoms with E-state index in [-0.39, 0.29) is 17.5 Å². The highest BCUT2D eigenvalue weighted by atomic mass is 35.5. The van der Waals surface area contributed by atoms with Crippen molar-refractivity contribution in [2.75, 3.05) is 38.2 Å². The number of anilines is 1. The number of benzene rings is 1. The van der Waals surface area contributed by atoms with Crippen molar-refractivity contribution in [1.29, 1.82) is 0 Å². The number of carboxylic acids is 2. The van der Waals surface area contributed by atoms with Gasteiger partial charge in [0.1, 0.15) is 0 Å². The average Bonchev–Trinajstić information content (AvgIpc) is 2.80. The number of carboxylic acid groups (broad SMARTS) is 2. The first-order valence-corrected chi connectivity index (χ1v) is 11.7. The van der Waals surface area contributed by atoms with Gasteiger partial charge in [0.2, 0.25) is 5.91 Å². The molecule has 1 aromatic carbocycles. The van der Waals surface area contributed by atoms with Crippen LogP contribution in [0.1, 0.15) is 39.0 Å². The van der Waals surface area contributed by atoms with E-state index in [2.05, 4.69) is 15.5 Å². The molecule has 0 aromatic heterocycles. The quantitative estimate of drug-likeness (QED) is 0.436. The van der Waals surface area contributed by atoms with Crippen molar-refractivity contribution < 1.29 is 29.3 Å². The van der Waals surface area contributed by atoms with E-state index in [9.17, 15) is 4.79 Å². The SMILES string of the molecule is CC(NCC1(N2CCOCC2)CCCCC1)C(=O)Nc1ccc(Cl)cc1Cl.O=C(O)C(=O)O. The number of carbonyl (C=O) groups excluding carboxylic acids is 1. The Bertz CT molecular complexity index is 814. The highest BCUT2D eigenvalue weighted by Crippen LogP contribution is 2.34. The topological polar surface area (TPSA) is 128 Å². The van der Waals surface area contributed by atoms with Gasteiger partial charge in [0.25, 0.3) is 0 Å². The second-order valence-electron chi connectivity index (χ2n) is 8.21. The lowest BCUT2D eigenvalue weighted by Crippen LogP contribution is -2.60. The number of hydrogen-bond acceptors (Lipinski definition) is 6. The first-order chi connectivity index (χ1) is 15.6. The molecule has 1 atom stereocenters. The smallest absolute Gasteiger partial charge is 0.414 e. The van der Waals surface area contributed by atoms with Gasteiger partial charge in [0, 0.05) is 30.2 Å². The van der Waals surface area contributed by atoms with Gasteiger partial charge in [-0.2, -0.15) is 0 Å². The molecule has 1 aromatic rings. The second-order valence-corrected chi connectivity index (χ2v) is 9.05. The summed E-state index contributed by atoms with van der Waals surface area (Å²) in [7, 11) is 0. The van der Waals surface area contributed by atoms with Crippen molar-refractivity contribution in [3.63, 3.8) is 0 Å². The maximum Gasteiger partial charge on any atom is 0.414 e. The molecular formula is C22H31Cl2N3O6. The lowest BCUT2D eigenvalue weighted by molar-refractivity contribution is -0.159. The largest absolute Gasteiger partial charge is 0.473 e. The van der Waals surface area contributed by atoms with E-state index in [1.54, 1.807) is 18.2 Å². The third-order valence-corrected chi connectivity index (χ3v) is 6.52. The van der Waals surface area contributed by atoms with E-state index >= 15 is 0 Å². The first kappa shape index (κ1) is 27.3. The molecule has 2 aliphatic rings. The average molecular weight is 504 g/mol. The maximum absolute atomic E-state index is 12.6. The second kappa shape index (κ2) is 13.1. The number of nitrogens with one attached hydrogen (secondary N) is 2. The molecule has 3 rings (SSSR count). The number of nitrogens with zero attached hydrogens (tertiary/aromatic N) is 1. The van der Waals surface area contributed by atoms with Crippen LogP contribution in [0.2, 0.25) is 10.0 Å². The van der Waals surface area contributed by atoms with E-state index in [0.717, 1.165) is 32.8 Å². The number of morpholine rings is 1. The molecule has 9 nitrogen and oxygen atoms in total. The molecular weight excluding hydrogens is 473 g/mol. The minimum atomic E-state index is -1.82. The lowest BCUT2D eigenvalue weighted by Gasteiger charge is -2.48. The third-order valence-electron chi connectivity index (χ3n) is 5.97. The van der Waals surface area contributed by atoms with Crippen LogP contribution in [-0.2, 0) is 19.1 Å². The zero-order valence-electron chi connectivity index (χ0n) is 18.6. The maximum atomic E-state index is 12.6. The fraction of sp³-hybridized carbons (Fsp3) is 0.591. The fourth-order valence-electron chi connectivity index (χ4n) is 4.12. The number of ether oxygens (including phenoxy) is 1. The fourth-order valence-corrected chi connectivity index (χ4v) is 4.58. The lowest BCUT2D eigenvalue weighted by atomic mass is 9.79. The van der Waals surface area contributed by atoms with Crippen molar-refractivity contribution in [1.82, 2.24) is 10.2 Å². The van der Waals surface area contributed by atoms with Gasteiger partial charge in [-0.05, 0) is 38.0 Å². The van der Waals surface area contributed by atoms with Crippen LogP contribution in [0.15, 0.2) is 18.2 Å². The summed E-state index contributed by atoms with van der Waals surface area (Å²) in [6.07, 6.45) is 6.16. The molecule has 0 radical (unpaired) electrons. The molecule has 0 spiro atoms. The Hall–Kier alpha value is -1.91. The van der Waals surface area contributed by atoms with E-state index in [1.807, 2.05) is 6.92 Å². The highest BCUT2D eigenvalue weighted by Gasteiger charge is 2.38. The van der Waals surface area contributed by atoms with Gasteiger partial charge >= 0.3 is 11.9 Å². The van der Waals surface area contributed by atoms with Crippen molar-refractivity contribution in [3.8, 4) is 0 Å². The molecule has 2 fully saturated rings. The molecule has 1 aliphatic heterocycles. The Kier molecular flexibility index (Phi) is 10.9. The Morgan fingerprint density at radius 2 is 1.70 bits per heavy atom. The van der Waals surface area contributed by atoms with Crippen LogP contribution in [0.3, 0.4) is 0 Å². The molecule has 33 heavy (non-hydrogen) atoms. The number of halogens is 2. The number of carbonyl (C=O) groups is 3. The van der Waals surface area contributed by atoms with E-state index in [4.69, 9.17) is 47.7 Å². The number of aliphatic carboxylic acids is 2. The minimum absolute atomic E-state index is 0.0906. The molecule has 0 bridgehead atoms. The Morgan fingerprint density at radius 3 is 2.24 bits per heavy atom. The van der Waals surface area contributed by atoms with E-state index < -0.39 is 11.9 Å². The Morgan fingerprint density at radius 1 is 1.09 bits per heavy atom. The van der Waals surface area contributed by atoms with Gasteiger partial charge in [-0.15, -0.1) is 0 Å². The summed E-state index contributed by atoms with van der Waals surface area (Å²) < 4.78 is 5.54. The third kappa shape index (κ3) is 8.42. The van der Waals surface area contributed by atoms with Crippen LogP contribution >= 0.6 is 23.2 Å². The minimum Gasteiger partial charge on any atom is -0.473 e. The van der Waals surface area contributed by atoms with Crippen molar-refractivity contribution >= 4 is 46.7 Å². The molecule has 1 saturated carbocycles. The van der Waals surface area contributed by atoms with Gasteiger partial charge in [-0.1, -0.05) is 42.5 Å². The first-order valence-electron chi connectivity index (χ1n) is 10.9. The number of hydrogen-bond donors (Lipinski definition) is 4. The Labute approximate surface area is 203 Å². The van der Waals surface area contributed by atoms with Crippen molar-refractivity contribution in [2.45, 2.75) is 50.6 Å². The van der Waals surface area contributed by atoms with Crippen LogP contribution in [0, 0.1) is 0 Å². The zero-order valence-corrected chi connectivity index (χ0v) is 20.1. The molecule has 1 aliphatic carbocycles. The summed E-state index contributed by atoms with van der Waals surface area (Å²) in [5, 5.41) is 22.1.